The lowest BCUT2D eigenvalue weighted by Gasteiger charge is -2.13. The Morgan fingerprint density at radius 3 is 3.20 bits per heavy atom. The van der Waals surface area contributed by atoms with E-state index in [1.807, 2.05) is 11.3 Å². The van der Waals surface area contributed by atoms with Gasteiger partial charge in [-0.15, -0.1) is 11.3 Å². The lowest BCUT2D eigenvalue weighted by molar-refractivity contribution is 0.339. The molecule has 1 aliphatic rings. The highest BCUT2D eigenvalue weighted by Gasteiger charge is 2.20. The first-order valence-corrected chi connectivity index (χ1v) is 6.72. The summed E-state index contributed by atoms with van der Waals surface area (Å²) in [5.74, 6) is 0.866. The maximum atomic E-state index is 3.56. The zero-order valence-corrected chi connectivity index (χ0v) is 10.2. The molecule has 84 valence electrons. The summed E-state index contributed by atoms with van der Waals surface area (Å²) in [5, 5.41) is 5.70. The van der Waals surface area contributed by atoms with Gasteiger partial charge in [-0.2, -0.15) is 0 Å². The second kappa shape index (κ2) is 5.64. The van der Waals surface area contributed by atoms with Gasteiger partial charge in [0.05, 0.1) is 0 Å². The van der Waals surface area contributed by atoms with Crippen molar-refractivity contribution in [3.05, 3.63) is 22.4 Å². The van der Waals surface area contributed by atoms with Gasteiger partial charge < -0.3 is 10.2 Å². The molecule has 0 amide bonds. The molecule has 2 nitrogen and oxygen atoms in total. The number of thiophene rings is 1. The van der Waals surface area contributed by atoms with E-state index in [1.165, 1.54) is 37.5 Å². The van der Waals surface area contributed by atoms with E-state index >= 15 is 0 Å². The summed E-state index contributed by atoms with van der Waals surface area (Å²) < 4.78 is 0. The van der Waals surface area contributed by atoms with Crippen molar-refractivity contribution in [1.82, 2.24) is 10.2 Å². The summed E-state index contributed by atoms with van der Waals surface area (Å²) >= 11 is 1.84. The van der Waals surface area contributed by atoms with Crippen LogP contribution >= 0.6 is 11.3 Å². The zero-order valence-electron chi connectivity index (χ0n) is 9.41. The van der Waals surface area contributed by atoms with Gasteiger partial charge in [-0.1, -0.05) is 13.0 Å². The third kappa shape index (κ3) is 3.30. The molecule has 0 saturated carbocycles. The molecule has 1 aliphatic heterocycles. The molecule has 2 rings (SSSR count). The number of rotatable bonds is 5. The second-order valence-corrected chi connectivity index (χ2v) is 5.29. The SMILES string of the molecule is CCN1CCC(CNCc2cccs2)C1. The normalized spacial score (nSPS) is 22.3. The van der Waals surface area contributed by atoms with E-state index in [-0.39, 0.29) is 0 Å². The Hall–Kier alpha value is -0.380. The first-order chi connectivity index (χ1) is 7.38. The van der Waals surface area contributed by atoms with Crippen molar-refractivity contribution in [3.8, 4) is 0 Å². The standard InChI is InChI=1S/C12H20N2S/c1-2-14-6-5-11(10-14)8-13-9-12-4-3-7-15-12/h3-4,7,11,13H,2,5-6,8-10H2,1H3. The van der Waals surface area contributed by atoms with Gasteiger partial charge in [0.25, 0.3) is 0 Å². The molecule has 1 atom stereocenters. The molecule has 0 aromatic carbocycles. The Kier molecular flexibility index (Phi) is 4.18. The Morgan fingerprint density at radius 2 is 2.53 bits per heavy atom. The smallest absolute Gasteiger partial charge is 0.0299 e. The molecule has 1 N–H and O–H groups in total. The maximum absolute atomic E-state index is 3.56. The quantitative estimate of drug-likeness (QED) is 0.824. The fraction of sp³-hybridized carbons (Fsp3) is 0.667. The number of likely N-dealkylation sites (tertiary alicyclic amines) is 1. The van der Waals surface area contributed by atoms with Gasteiger partial charge in [0.2, 0.25) is 0 Å². The molecule has 1 saturated heterocycles. The van der Waals surface area contributed by atoms with Crippen molar-refractivity contribution >= 4 is 11.3 Å². The Morgan fingerprint density at radius 1 is 1.60 bits per heavy atom. The van der Waals surface area contributed by atoms with E-state index in [0.29, 0.717) is 0 Å². The number of hydrogen-bond donors (Lipinski definition) is 1. The van der Waals surface area contributed by atoms with Gasteiger partial charge in [0, 0.05) is 18.0 Å². The average Bonchev–Trinajstić information content (AvgIpc) is 2.88. The van der Waals surface area contributed by atoms with E-state index < -0.39 is 0 Å². The van der Waals surface area contributed by atoms with Crippen LogP contribution in [0, 0.1) is 5.92 Å². The van der Waals surface area contributed by atoms with E-state index in [0.717, 1.165) is 12.5 Å². The Labute approximate surface area is 96.3 Å². The van der Waals surface area contributed by atoms with Crippen LogP contribution in [0.15, 0.2) is 17.5 Å². The molecule has 0 spiro atoms. The largest absolute Gasteiger partial charge is 0.312 e. The van der Waals surface area contributed by atoms with Crippen LogP contribution in [-0.4, -0.2) is 31.1 Å². The average molecular weight is 224 g/mol. The molecule has 1 unspecified atom stereocenters. The van der Waals surface area contributed by atoms with Crippen molar-refractivity contribution in [1.29, 1.82) is 0 Å². The minimum absolute atomic E-state index is 0.866. The molecular formula is C12H20N2S. The van der Waals surface area contributed by atoms with Crippen LogP contribution in [0.25, 0.3) is 0 Å². The Bertz CT molecular complexity index is 271. The second-order valence-electron chi connectivity index (χ2n) is 4.26. The third-order valence-electron chi connectivity index (χ3n) is 3.13. The minimum atomic E-state index is 0.866. The van der Waals surface area contributed by atoms with Gasteiger partial charge in [0.1, 0.15) is 0 Å². The van der Waals surface area contributed by atoms with Gasteiger partial charge in [0.15, 0.2) is 0 Å². The maximum Gasteiger partial charge on any atom is 0.0299 e. The number of nitrogens with one attached hydrogen (secondary N) is 1. The summed E-state index contributed by atoms with van der Waals surface area (Å²) in [7, 11) is 0. The van der Waals surface area contributed by atoms with E-state index in [4.69, 9.17) is 0 Å². The lowest BCUT2D eigenvalue weighted by Crippen LogP contribution is -2.25. The summed E-state index contributed by atoms with van der Waals surface area (Å²) in [4.78, 5) is 3.98. The molecule has 1 aromatic rings. The van der Waals surface area contributed by atoms with Gasteiger partial charge in [-0.05, 0) is 43.4 Å². The highest BCUT2D eigenvalue weighted by molar-refractivity contribution is 7.09. The van der Waals surface area contributed by atoms with Crippen molar-refractivity contribution in [3.63, 3.8) is 0 Å². The van der Waals surface area contributed by atoms with Crippen molar-refractivity contribution in [2.45, 2.75) is 19.9 Å². The first kappa shape index (κ1) is 11.1. The topological polar surface area (TPSA) is 15.3 Å². The van der Waals surface area contributed by atoms with Crippen molar-refractivity contribution < 1.29 is 0 Å². The highest BCUT2D eigenvalue weighted by Crippen LogP contribution is 2.15. The summed E-state index contributed by atoms with van der Waals surface area (Å²) in [6.45, 7) is 8.26. The highest BCUT2D eigenvalue weighted by atomic mass is 32.1. The van der Waals surface area contributed by atoms with Gasteiger partial charge in [-0.25, -0.2) is 0 Å². The van der Waals surface area contributed by atoms with Crippen molar-refractivity contribution in [2.24, 2.45) is 5.92 Å². The molecular weight excluding hydrogens is 204 g/mol. The molecule has 0 radical (unpaired) electrons. The van der Waals surface area contributed by atoms with E-state index in [1.54, 1.807) is 0 Å². The molecule has 0 aliphatic carbocycles. The summed E-state index contributed by atoms with van der Waals surface area (Å²) in [6, 6.07) is 4.32. The van der Waals surface area contributed by atoms with Crippen molar-refractivity contribution in [2.75, 3.05) is 26.2 Å². The molecule has 1 aromatic heterocycles. The van der Waals surface area contributed by atoms with Crippen LogP contribution in [0.1, 0.15) is 18.2 Å². The van der Waals surface area contributed by atoms with Gasteiger partial charge >= 0.3 is 0 Å². The molecule has 2 heterocycles. The van der Waals surface area contributed by atoms with Crippen LogP contribution < -0.4 is 5.32 Å². The fourth-order valence-corrected chi connectivity index (χ4v) is 2.85. The third-order valence-corrected chi connectivity index (χ3v) is 4.01. The molecule has 15 heavy (non-hydrogen) atoms. The molecule has 0 bridgehead atoms. The lowest BCUT2D eigenvalue weighted by atomic mass is 10.1. The summed E-state index contributed by atoms with van der Waals surface area (Å²) in [5.41, 5.74) is 0. The number of hydrogen-bond acceptors (Lipinski definition) is 3. The van der Waals surface area contributed by atoms with Gasteiger partial charge in [-0.3, -0.25) is 0 Å². The Balaban J connectivity index is 1.63. The fourth-order valence-electron chi connectivity index (χ4n) is 2.18. The van der Waals surface area contributed by atoms with Crippen LogP contribution in [0.3, 0.4) is 0 Å². The minimum Gasteiger partial charge on any atom is -0.312 e. The number of nitrogens with zero attached hydrogens (tertiary/aromatic N) is 1. The van der Waals surface area contributed by atoms with Crippen LogP contribution in [0.4, 0.5) is 0 Å². The monoisotopic (exact) mass is 224 g/mol. The van der Waals surface area contributed by atoms with Crippen LogP contribution in [0.5, 0.6) is 0 Å². The predicted molar refractivity (Wildman–Crippen MR) is 66.2 cm³/mol. The summed E-state index contributed by atoms with van der Waals surface area (Å²) in [6.07, 6.45) is 1.37. The molecule has 1 fully saturated rings. The van der Waals surface area contributed by atoms with E-state index in [2.05, 4.69) is 34.7 Å². The van der Waals surface area contributed by atoms with Crippen LogP contribution in [0.2, 0.25) is 0 Å². The molecule has 3 heteroatoms. The zero-order chi connectivity index (χ0) is 10.5. The van der Waals surface area contributed by atoms with E-state index in [9.17, 15) is 0 Å². The first-order valence-electron chi connectivity index (χ1n) is 5.84. The van der Waals surface area contributed by atoms with Crippen LogP contribution in [-0.2, 0) is 6.54 Å². The predicted octanol–water partition coefficient (Wildman–Crippen LogP) is 2.18.